The molecule has 0 aliphatic carbocycles. The first-order chi connectivity index (χ1) is 6.77. The highest BCUT2D eigenvalue weighted by molar-refractivity contribution is 5.79. The van der Waals surface area contributed by atoms with E-state index < -0.39 is 0 Å². The van der Waals surface area contributed by atoms with E-state index in [4.69, 9.17) is 0 Å². The van der Waals surface area contributed by atoms with Crippen LogP contribution in [0.4, 0.5) is 0 Å². The summed E-state index contributed by atoms with van der Waals surface area (Å²) < 4.78 is 0. The van der Waals surface area contributed by atoms with Gasteiger partial charge in [0.15, 0.2) is 0 Å². The number of hydrogen-bond acceptors (Lipinski definition) is 3. The van der Waals surface area contributed by atoms with Gasteiger partial charge in [-0.25, -0.2) is 5.01 Å². The molecule has 2 N–H and O–H groups in total. The fourth-order valence-electron chi connectivity index (χ4n) is 2.56. The predicted molar refractivity (Wildman–Crippen MR) is 54.6 cm³/mol. The van der Waals surface area contributed by atoms with Crippen molar-refractivity contribution in [2.24, 2.45) is 0 Å². The molecule has 80 valence electrons. The van der Waals surface area contributed by atoms with Gasteiger partial charge in [-0.05, 0) is 32.4 Å². The fourth-order valence-corrected chi connectivity index (χ4v) is 2.56. The van der Waals surface area contributed by atoms with Gasteiger partial charge in [0, 0.05) is 13.0 Å². The molecule has 14 heavy (non-hydrogen) atoms. The summed E-state index contributed by atoms with van der Waals surface area (Å²) >= 11 is 0. The lowest BCUT2D eigenvalue weighted by Crippen LogP contribution is -2.53. The third-order valence-electron chi connectivity index (χ3n) is 3.30. The van der Waals surface area contributed by atoms with Crippen molar-refractivity contribution in [1.29, 1.82) is 0 Å². The van der Waals surface area contributed by atoms with E-state index in [9.17, 15) is 4.79 Å². The first kappa shape index (κ1) is 9.93. The number of hydrazine groups is 1. The number of carbonyl (C=O) groups excluding carboxylic acids is 1. The first-order valence-electron chi connectivity index (χ1n) is 5.55. The van der Waals surface area contributed by atoms with E-state index in [0.29, 0.717) is 6.42 Å². The van der Waals surface area contributed by atoms with Gasteiger partial charge in [0.05, 0.1) is 5.54 Å². The van der Waals surface area contributed by atoms with E-state index in [1.165, 1.54) is 0 Å². The largest absolute Gasteiger partial charge is 0.317 e. The summed E-state index contributed by atoms with van der Waals surface area (Å²) in [5.41, 5.74) is 3.11. The van der Waals surface area contributed by atoms with Gasteiger partial charge in [-0.1, -0.05) is 6.92 Å². The van der Waals surface area contributed by atoms with E-state index >= 15 is 0 Å². The Labute approximate surface area is 85.0 Å². The number of amides is 1. The average Bonchev–Trinajstić information content (AvgIpc) is 2.45. The Bertz CT molecular complexity index is 223. The molecule has 0 radical (unpaired) electrons. The van der Waals surface area contributed by atoms with Crippen LogP contribution in [-0.2, 0) is 4.79 Å². The third kappa shape index (κ3) is 1.64. The number of rotatable bonds is 2. The molecule has 2 saturated heterocycles. The molecule has 2 aliphatic heterocycles. The second-order valence-corrected chi connectivity index (χ2v) is 4.34. The lowest BCUT2D eigenvalue weighted by Gasteiger charge is -2.40. The van der Waals surface area contributed by atoms with Crippen LogP contribution in [0.15, 0.2) is 0 Å². The maximum absolute atomic E-state index is 11.4. The minimum Gasteiger partial charge on any atom is -0.317 e. The Balaban J connectivity index is 2.09. The number of nitrogens with zero attached hydrogens (tertiary/aromatic N) is 1. The standard InChI is InChI=1S/C10H19N3O/c1-2-7-13-10(8-9(14)12-13)3-5-11-6-4-10/h11H,2-8H2,1H3,(H,12,14). The minimum atomic E-state index is 0.123. The summed E-state index contributed by atoms with van der Waals surface area (Å²) in [5, 5.41) is 5.52. The Morgan fingerprint density at radius 3 is 2.79 bits per heavy atom. The maximum atomic E-state index is 11.4. The van der Waals surface area contributed by atoms with Gasteiger partial charge < -0.3 is 5.32 Å². The predicted octanol–water partition coefficient (Wildman–Crippen LogP) is 0.255. The molecule has 2 aliphatic rings. The molecule has 0 bridgehead atoms. The van der Waals surface area contributed by atoms with E-state index in [1.807, 2.05) is 0 Å². The summed E-state index contributed by atoms with van der Waals surface area (Å²) in [5.74, 6) is 0.195. The van der Waals surface area contributed by atoms with Crippen molar-refractivity contribution in [3.8, 4) is 0 Å². The molecule has 0 unspecified atom stereocenters. The van der Waals surface area contributed by atoms with Crippen LogP contribution < -0.4 is 10.7 Å². The zero-order valence-corrected chi connectivity index (χ0v) is 8.81. The summed E-state index contributed by atoms with van der Waals surface area (Å²) in [4.78, 5) is 11.4. The van der Waals surface area contributed by atoms with Gasteiger partial charge in [-0.15, -0.1) is 0 Å². The van der Waals surface area contributed by atoms with Crippen LogP contribution in [0.1, 0.15) is 32.6 Å². The van der Waals surface area contributed by atoms with Crippen molar-refractivity contribution in [2.45, 2.75) is 38.1 Å². The highest BCUT2D eigenvalue weighted by atomic mass is 16.2. The second-order valence-electron chi connectivity index (χ2n) is 4.34. The van der Waals surface area contributed by atoms with Crippen LogP contribution >= 0.6 is 0 Å². The van der Waals surface area contributed by atoms with Crippen molar-refractivity contribution in [3.05, 3.63) is 0 Å². The van der Waals surface area contributed by atoms with Crippen molar-refractivity contribution in [2.75, 3.05) is 19.6 Å². The van der Waals surface area contributed by atoms with Crippen LogP contribution in [0.25, 0.3) is 0 Å². The molecule has 0 aromatic heterocycles. The van der Waals surface area contributed by atoms with Gasteiger partial charge in [0.1, 0.15) is 0 Å². The molecule has 1 spiro atoms. The Morgan fingerprint density at radius 1 is 1.43 bits per heavy atom. The minimum absolute atomic E-state index is 0.123. The van der Waals surface area contributed by atoms with Crippen molar-refractivity contribution in [1.82, 2.24) is 15.8 Å². The van der Waals surface area contributed by atoms with Gasteiger partial charge >= 0.3 is 0 Å². The molecule has 0 aromatic carbocycles. The fraction of sp³-hybridized carbons (Fsp3) is 0.900. The van der Waals surface area contributed by atoms with Crippen LogP contribution in [0.3, 0.4) is 0 Å². The number of hydrogen-bond donors (Lipinski definition) is 2. The Kier molecular flexibility index (Phi) is 2.74. The van der Waals surface area contributed by atoms with Crippen LogP contribution in [0.2, 0.25) is 0 Å². The summed E-state index contributed by atoms with van der Waals surface area (Å²) in [7, 11) is 0. The van der Waals surface area contributed by atoms with Crippen molar-refractivity contribution < 1.29 is 4.79 Å². The van der Waals surface area contributed by atoms with E-state index in [2.05, 4.69) is 22.7 Å². The van der Waals surface area contributed by atoms with Gasteiger partial charge in [0.25, 0.3) is 0 Å². The molecule has 0 aromatic rings. The average molecular weight is 197 g/mol. The lowest BCUT2D eigenvalue weighted by molar-refractivity contribution is -0.121. The zero-order valence-electron chi connectivity index (χ0n) is 8.81. The Morgan fingerprint density at radius 2 is 2.14 bits per heavy atom. The lowest BCUT2D eigenvalue weighted by atomic mass is 9.85. The number of nitrogens with one attached hydrogen (secondary N) is 2. The SMILES string of the molecule is CCCN1NC(=O)CC12CCNCC2. The van der Waals surface area contributed by atoms with Crippen molar-refractivity contribution in [3.63, 3.8) is 0 Å². The molecule has 2 heterocycles. The van der Waals surface area contributed by atoms with E-state index in [0.717, 1.165) is 38.9 Å². The molecule has 2 rings (SSSR count). The molecular formula is C10H19N3O. The molecule has 0 saturated carbocycles. The molecule has 2 fully saturated rings. The summed E-state index contributed by atoms with van der Waals surface area (Å²) in [6.07, 6.45) is 3.96. The monoisotopic (exact) mass is 197 g/mol. The highest BCUT2D eigenvalue weighted by Crippen LogP contribution is 2.32. The number of piperidine rings is 1. The van der Waals surface area contributed by atoms with Crippen molar-refractivity contribution >= 4 is 5.91 Å². The van der Waals surface area contributed by atoms with Gasteiger partial charge in [0.2, 0.25) is 5.91 Å². The first-order valence-corrected chi connectivity index (χ1v) is 5.55. The highest BCUT2D eigenvalue weighted by Gasteiger charge is 2.45. The Hall–Kier alpha value is -0.610. The van der Waals surface area contributed by atoms with Crippen LogP contribution in [-0.4, -0.2) is 36.1 Å². The molecule has 4 heteroatoms. The summed E-state index contributed by atoms with van der Waals surface area (Å²) in [6, 6.07) is 0. The smallest absolute Gasteiger partial charge is 0.236 e. The molecule has 1 amide bonds. The van der Waals surface area contributed by atoms with Crippen LogP contribution in [0.5, 0.6) is 0 Å². The van der Waals surface area contributed by atoms with E-state index in [1.54, 1.807) is 0 Å². The topological polar surface area (TPSA) is 44.4 Å². The number of carbonyl (C=O) groups is 1. The van der Waals surface area contributed by atoms with Gasteiger partial charge in [-0.2, -0.15) is 0 Å². The molecule has 4 nitrogen and oxygen atoms in total. The van der Waals surface area contributed by atoms with Gasteiger partial charge in [-0.3, -0.25) is 10.2 Å². The molecular weight excluding hydrogens is 178 g/mol. The zero-order chi connectivity index (χ0) is 10.0. The third-order valence-corrected chi connectivity index (χ3v) is 3.30. The normalized spacial score (nSPS) is 26.8. The maximum Gasteiger partial charge on any atom is 0.236 e. The van der Waals surface area contributed by atoms with E-state index in [-0.39, 0.29) is 11.4 Å². The van der Waals surface area contributed by atoms with Crippen LogP contribution in [0, 0.1) is 0 Å². The second kappa shape index (κ2) is 3.87. The molecule has 0 atom stereocenters. The quantitative estimate of drug-likeness (QED) is 0.667. The summed E-state index contributed by atoms with van der Waals surface area (Å²) in [6.45, 7) is 5.20.